The van der Waals surface area contributed by atoms with Crippen LogP contribution in [0.2, 0.25) is 0 Å². The number of nitrogens with one attached hydrogen (secondary N) is 1. The molecule has 1 rings (SSSR count). The third-order valence-electron chi connectivity index (χ3n) is 3.11. The van der Waals surface area contributed by atoms with Crippen LogP contribution in [0.4, 0.5) is 0 Å². The molecule has 0 aliphatic carbocycles. The number of carbonyl (C=O) groups excluding carboxylic acids is 1. The third kappa shape index (κ3) is 2.68. The van der Waals surface area contributed by atoms with Gasteiger partial charge in [0.15, 0.2) is 0 Å². The van der Waals surface area contributed by atoms with E-state index in [4.69, 9.17) is 10.6 Å². The number of carbonyl (C=O) groups is 1. The highest BCUT2D eigenvalue weighted by molar-refractivity contribution is 5.81. The average molecular weight is 215 g/mol. The second-order valence-corrected chi connectivity index (χ2v) is 4.59. The number of hydrogen-bond acceptors (Lipinski definition) is 4. The topological polar surface area (TPSA) is 67.6 Å². The number of rotatable bonds is 4. The van der Waals surface area contributed by atoms with Crippen LogP contribution in [-0.4, -0.2) is 42.6 Å². The third-order valence-corrected chi connectivity index (χ3v) is 3.11. The zero-order valence-corrected chi connectivity index (χ0v) is 9.75. The fourth-order valence-electron chi connectivity index (χ4n) is 2.27. The van der Waals surface area contributed by atoms with Gasteiger partial charge in [0, 0.05) is 12.6 Å². The van der Waals surface area contributed by atoms with Crippen LogP contribution in [0.1, 0.15) is 26.7 Å². The molecule has 1 heterocycles. The van der Waals surface area contributed by atoms with Crippen LogP contribution < -0.4 is 11.3 Å². The predicted molar refractivity (Wildman–Crippen MR) is 58.0 cm³/mol. The molecule has 3 N–H and O–H groups in total. The highest BCUT2D eigenvalue weighted by Gasteiger charge is 2.39. The van der Waals surface area contributed by atoms with Gasteiger partial charge >= 0.3 is 0 Å². The van der Waals surface area contributed by atoms with Gasteiger partial charge in [-0.25, -0.2) is 5.84 Å². The molecule has 1 fully saturated rings. The zero-order chi connectivity index (χ0) is 11.5. The lowest BCUT2D eigenvalue weighted by Gasteiger charge is -2.36. The van der Waals surface area contributed by atoms with Crippen LogP contribution in [-0.2, 0) is 9.53 Å². The second-order valence-electron chi connectivity index (χ2n) is 4.59. The monoisotopic (exact) mass is 215 g/mol. The van der Waals surface area contributed by atoms with Gasteiger partial charge in [0.05, 0.1) is 6.61 Å². The summed E-state index contributed by atoms with van der Waals surface area (Å²) in [6.07, 6.45) is 2.22. The van der Waals surface area contributed by atoms with Crippen molar-refractivity contribution < 1.29 is 9.53 Å². The van der Waals surface area contributed by atoms with E-state index in [0.717, 1.165) is 19.4 Å². The first-order chi connectivity index (χ1) is 7.03. The maximum atomic E-state index is 11.6. The molecule has 5 nitrogen and oxygen atoms in total. The Morgan fingerprint density at radius 3 is 2.73 bits per heavy atom. The summed E-state index contributed by atoms with van der Waals surface area (Å²) < 4.78 is 5.07. The second kappa shape index (κ2) is 4.92. The standard InChI is InChI=1S/C10H21N3O2/c1-10(2)5-4-6-13(10)8(7-15-3)9(14)12-11/h8H,4-7,11H2,1-3H3,(H,12,14). The molecule has 1 amide bonds. The summed E-state index contributed by atoms with van der Waals surface area (Å²) in [6.45, 7) is 5.60. The minimum absolute atomic E-state index is 0.0513. The molecule has 88 valence electrons. The predicted octanol–water partition coefficient (Wildman–Crippen LogP) is -0.134. The van der Waals surface area contributed by atoms with Crippen LogP contribution >= 0.6 is 0 Å². The van der Waals surface area contributed by atoms with E-state index in [-0.39, 0.29) is 17.5 Å². The Kier molecular flexibility index (Phi) is 4.07. The Hall–Kier alpha value is -0.650. The summed E-state index contributed by atoms with van der Waals surface area (Å²) in [5, 5.41) is 0. The SMILES string of the molecule is COCC(C(=O)NN)N1CCCC1(C)C. The number of ether oxygens (including phenoxy) is 1. The van der Waals surface area contributed by atoms with Crippen molar-refractivity contribution in [2.24, 2.45) is 5.84 Å². The Labute approximate surface area is 90.9 Å². The van der Waals surface area contributed by atoms with Gasteiger partial charge in [-0.3, -0.25) is 15.1 Å². The van der Waals surface area contributed by atoms with Crippen molar-refractivity contribution in [3.8, 4) is 0 Å². The summed E-state index contributed by atoms with van der Waals surface area (Å²) in [5.74, 6) is 5.00. The molecule has 0 spiro atoms. The van der Waals surface area contributed by atoms with Crippen LogP contribution in [0.15, 0.2) is 0 Å². The van der Waals surface area contributed by atoms with Crippen molar-refractivity contribution in [1.82, 2.24) is 10.3 Å². The molecular weight excluding hydrogens is 194 g/mol. The molecule has 0 aromatic rings. The number of likely N-dealkylation sites (tertiary alicyclic amines) is 1. The largest absolute Gasteiger partial charge is 0.383 e. The summed E-state index contributed by atoms with van der Waals surface area (Å²) in [4.78, 5) is 13.8. The van der Waals surface area contributed by atoms with Gasteiger partial charge in [-0.15, -0.1) is 0 Å². The summed E-state index contributed by atoms with van der Waals surface area (Å²) >= 11 is 0. The quantitative estimate of drug-likeness (QED) is 0.389. The number of methoxy groups -OCH3 is 1. The molecule has 1 aliphatic heterocycles. The van der Waals surface area contributed by atoms with Crippen LogP contribution in [0, 0.1) is 0 Å². The molecular formula is C10H21N3O2. The lowest BCUT2D eigenvalue weighted by Crippen LogP contribution is -2.55. The Balaban J connectivity index is 2.75. The first kappa shape index (κ1) is 12.4. The maximum Gasteiger partial charge on any atom is 0.253 e. The first-order valence-corrected chi connectivity index (χ1v) is 5.29. The average Bonchev–Trinajstić information content (AvgIpc) is 2.53. The number of hydrogen-bond donors (Lipinski definition) is 2. The number of amides is 1. The van der Waals surface area contributed by atoms with E-state index in [0.29, 0.717) is 6.61 Å². The van der Waals surface area contributed by atoms with Gasteiger partial charge in [0.25, 0.3) is 5.91 Å². The van der Waals surface area contributed by atoms with E-state index in [1.807, 2.05) is 0 Å². The Bertz CT molecular complexity index is 231. The number of hydrazine groups is 1. The fourth-order valence-corrected chi connectivity index (χ4v) is 2.27. The number of nitrogens with zero attached hydrogens (tertiary/aromatic N) is 1. The minimum atomic E-state index is -0.280. The van der Waals surface area contributed by atoms with Crippen molar-refractivity contribution in [2.45, 2.75) is 38.3 Å². The molecule has 0 aromatic heterocycles. The lowest BCUT2D eigenvalue weighted by molar-refractivity contribution is -0.130. The summed E-state index contributed by atoms with van der Waals surface area (Å²) in [6, 6.07) is -0.280. The molecule has 5 heteroatoms. The molecule has 1 atom stereocenters. The van der Waals surface area contributed by atoms with E-state index in [9.17, 15) is 4.79 Å². The summed E-state index contributed by atoms with van der Waals surface area (Å²) in [5.41, 5.74) is 2.26. The first-order valence-electron chi connectivity index (χ1n) is 5.29. The highest BCUT2D eigenvalue weighted by Crippen LogP contribution is 2.30. The van der Waals surface area contributed by atoms with Gasteiger partial charge in [0.2, 0.25) is 0 Å². The molecule has 1 saturated heterocycles. The molecule has 15 heavy (non-hydrogen) atoms. The smallest absolute Gasteiger partial charge is 0.253 e. The van der Waals surface area contributed by atoms with Gasteiger partial charge in [-0.2, -0.15) is 0 Å². The van der Waals surface area contributed by atoms with Gasteiger partial charge in [-0.05, 0) is 33.2 Å². The molecule has 0 bridgehead atoms. The molecule has 1 aliphatic rings. The molecule has 0 aromatic carbocycles. The van der Waals surface area contributed by atoms with E-state index in [1.54, 1.807) is 7.11 Å². The fraction of sp³-hybridized carbons (Fsp3) is 0.900. The maximum absolute atomic E-state index is 11.6. The van der Waals surface area contributed by atoms with Gasteiger partial charge < -0.3 is 4.74 Å². The number of nitrogens with two attached hydrogens (primary N) is 1. The van der Waals surface area contributed by atoms with Crippen LogP contribution in [0.5, 0.6) is 0 Å². The molecule has 0 saturated carbocycles. The van der Waals surface area contributed by atoms with E-state index >= 15 is 0 Å². The van der Waals surface area contributed by atoms with Crippen molar-refractivity contribution in [1.29, 1.82) is 0 Å². The van der Waals surface area contributed by atoms with Crippen molar-refractivity contribution in [2.75, 3.05) is 20.3 Å². The lowest BCUT2D eigenvalue weighted by atomic mass is 10.0. The van der Waals surface area contributed by atoms with Gasteiger partial charge in [-0.1, -0.05) is 0 Å². The Morgan fingerprint density at radius 2 is 2.33 bits per heavy atom. The molecule has 0 radical (unpaired) electrons. The highest BCUT2D eigenvalue weighted by atomic mass is 16.5. The van der Waals surface area contributed by atoms with E-state index < -0.39 is 0 Å². The normalized spacial score (nSPS) is 22.7. The minimum Gasteiger partial charge on any atom is -0.383 e. The zero-order valence-electron chi connectivity index (χ0n) is 9.75. The van der Waals surface area contributed by atoms with Crippen molar-refractivity contribution >= 4 is 5.91 Å². The van der Waals surface area contributed by atoms with Crippen molar-refractivity contribution in [3.63, 3.8) is 0 Å². The van der Waals surface area contributed by atoms with Crippen LogP contribution in [0.3, 0.4) is 0 Å². The Morgan fingerprint density at radius 1 is 1.67 bits per heavy atom. The van der Waals surface area contributed by atoms with Gasteiger partial charge in [0.1, 0.15) is 6.04 Å². The van der Waals surface area contributed by atoms with Crippen LogP contribution in [0.25, 0.3) is 0 Å². The summed E-state index contributed by atoms with van der Waals surface area (Å²) in [7, 11) is 1.60. The van der Waals surface area contributed by atoms with E-state index in [1.165, 1.54) is 0 Å². The van der Waals surface area contributed by atoms with Crippen molar-refractivity contribution in [3.05, 3.63) is 0 Å². The molecule has 1 unspecified atom stereocenters. The van der Waals surface area contributed by atoms with E-state index in [2.05, 4.69) is 24.2 Å².